The lowest BCUT2D eigenvalue weighted by Crippen LogP contribution is -2.17. The maximum Gasteiger partial charge on any atom is 0.172 e. The summed E-state index contributed by atoms with van der Waals surface area (Å²) in [6.07, 6.45) is 15.8. The van der Waals surface area contributed by atoms with E-state index in [0.717, 1.165) is 23.1 Å². The van der Waals surface area contributed by atoms with Gasteiger partial charge in [-0.05, 0) is 99.0 Å². The molecule has 2 fully saturated rings. The second-order valence-electron chi connectivity index (χ2n) is 9.60. The van der Waals surface area contributed by atoms with Gasteiger partial charge in [-0.15, -0.1) is 6.58 Å². The van der Waals surface area contributed by atoms with Crippen LogP contribution in [0.5, 0.6) is 5.75 Å². The molecule has 0 saturated heterocycles. The molecule has 0 aliphatic heterocycles. The Morgan fingerprint density at radius 1 is 0.933 bits per heavy atom. The highest BCUT2D eigenvalue weighted by Crippen LogP contribution is 2.40. The number of fused-ring (bicyclic) bond motifs is 1. The monoisotopic (exact) mass is 408 g/mol. The van der Waals surface area contributed by atoms with Gasteiger partial charge in [-0.3, -0.25) is 0 Å². The summed E-state index contributed by atoms with van der Waals surface area (Å²) in [5.74, 6) is 3.39. The van der Waals surface area contributed by atoms with Crippen LogP contribution in [0.1, 0.15) is 82.6 Å². The summed E-state index contributed by atoms with van der Waals surface area (Å²) in [5, 5.41) is 1.66. The van der Waals surface area contributed by atoms with Crippen molar-refractivity contribution < 1.29 is 9.13 Å². The molecule has 1 nitrogen and oxygen atoms in total. The highest BCUT2D eigenvalue weighted by Gasteiger charge is 2.25. The molecule has 0 amide bonds. The van der Waals surface area contributed by atoms with E-state index in [4.69, 9.17) is 4.74 Å². The van der Waals surface area contributed by atoms with Crippen LogP contribution in [0.4, 0.5) is 4.39 Å². The fourth-order valence-corrected chi connectivity index (χ4v) is 5.78. The van der Waals surface area contributed by atoms with Crippen LogP contribution in [0.25, 0.3) is 10.8 Å². The van der Waals surface area contributed by atoms with E-state index < -0.39 is 0 Å². The molecule has 30 heavy (non-hydrogen) atoms. The minimum absolute atomic E-state index is 0.230. The number of ether oxygens (including phenoxy) is 1. The van der Waals surface area contributed by atoms with Gasteiger partial charge in [-0.2, -0.15) is 0 Å². The first-order valence-electron chi connectivity index (χ1n) is 12.2. The van der Waals surface area contributed by atoms with Gasteiger partial charge in [0.15, 0.2) is 11.6 Å². The van der Waals surface area contributed by atoms with Gasteiger partial charge in [0, 0.05) is 5.39 Å². The minimum Gasteiger partial charge on any atom is -0.491 e. The van der Waals surface area contributed by atoms with Crippen molar-refractivity contribution in [2.45, 2.75) is 77.0 Å². The molecule has 0 N–H and O–H groups in total. The van der Waals surface area contributed by atoms with Crippen molar-refractivity contribution >= 4 is 10.8 Å². The van der Waals surface area contributed by atoms with E-state index in [1.807, 2.05) is 19.1 Å². The Bertz CT molecular complexity index is 841. The lowest BCUT2D eigenvalue weighted by atomic mass is 9.74. The van der Waals surface area contributed by atoms with Crippen molar-refractivity contribution in [1.29, 1.82) is 0 Å². The maximum atomic E-state index is 14.6. The van der Waals surface area contributed by atoms with E-state index in [-0.39, 0.29) is 5.82 Å². The van der Waals surface area contributed by atoms with Gasteiger partial charge in [0.05, 0.1) is 6.61 Å². The van der Waals surface area contributed by atoms with Crippen LogP contribution in [-0.2, 0) is 0 Å². The van der Waals surface area contributed by atoms with Crippen molar-refractivity contribution in [2.75, 3.05) is 6.61 Å². The van der Waals surface area contributed by atoms with Crippen LogP contribution in [0.2, 0.25) is 0 Å². The van der Waals surface area contributed by atoms with Crippen LogP contribution in [0.3, 0.4) is 0 Å². The van der Waals surface area contributed by atoms with Crippen molar-refractivity contribution in [3.8, 4) is 5.75 Å². The molecular weight excluding hydrogens is 371 g/mol. The summed E-state index contributed by atoms with van der Waals surface area (Å²) < 4.78 is 20.0. The summed E-state index contributed by atoms with van der Waals surface area (Å²) in [5.41, 5.74) is 1.38. The highest BCUT2D eigenvalue weighted by atomic mass is 19.1. The van der Waals surface area contributed by atoms with Gasteiger partial charge in [0.2, 0.25) is 0 Å². The second-order valence-corrected chi connectivity index (χ2v) is 9.60. The summed E-state index contributed by atoms with van der Waals surface area (Å²) in [6, 6.07) is 10.1. The minimum atomic E-state index is -0.230. The fourth-order valence-electron chi connectivity index (χ4n) is 5.78. The summed E-state index contributed by atoms with van der Waals surface area (Å²) in [4.78, 5) is 0. The van der Waals surface area contributed by atoms with Gasteiger partial charge in [-0.1, -0.05) is 43.2 Å². The van der Waals surface area contributed by atoms with E-state index in [2.05, 4.69) is 24.8 Å². The third-order valence-electron chi connectivity index (χ3n) is 7.77. The smallest absolute Gasteiger partial charge is 0.172 e. The van der Waals surface area contributed by atoms with Crippen molar-refractivity contribution in [1.82, 2.24) is 0 Å². The predicted octanol–water partition coefficient (Wildman–Crippen LogP) is 8.42. The molecule has 0 unspecified atom stereocenters. The molecular formula is C28H37FO. The van der Waals surface area contributed by atoms with Crippen molar-refractivity contribution in [3.63, 3.8) is 0 Å². The maximum absolute atomic E-state index is 14.6. The fraction of sp³-hybridized carbons (Fsp3) is 0.571. The Kier molecular flexibility index (Phi) is 7.12. The lowest BCUT2D eigenvalue weighted by molar-refractivity contribution is 0.246. The zero-order chi connectivity index (χ0) is 20.9. The average Bonchev–Trinajstić information content (AvgIpc) is 2.80. The van der Waals surface area contributed by atoms with Gasteiger partial charge >= 0.3 is 0 Å². The van der Waals surface area contributed by atoms with E-state index >= 15 is 0 Å². The van der Waals surface area contributed by atoms with E-state index in [1.54, 1.807) is 6.07 Å². The Morgan fingerprint density at radius 3 is 2.23 bits per heavy atom. The number of benzene rings is 2. The third kappa shape index (κ3) is 4.90. The first-order valence-corrected chi connectivity index (χ1v) is 12.2. The number of hydrogen-bond acceptors (Lipinski definition) is 1. The average molecular weight is 409 g/mol. The van der Waals surface area contributed by atoms with Crippen LogP contribution < -0.4 is 4.74 Å². The zero-order valence-corrected chi connectivity index (χ0v) is 18.5. The molecule has 2 aromatic carbocycles. The number of rotatable bonds is 7. The normalized spacial score (nSPS) is 27.1. The summed E-state index contributed by atoms with van der Waals surface area (Å²) >= 11 is 0. The summed E-state index contributed by atoms with van der Waals surface area (Å²) in [7, 11) is 0. The highest BCUT2D eigenvalue weighted by molar-refractivity contribution is 5.85. The Morgan fingerprint density at radius 2 is 1.60 bits per heavy atom. The molecule has 162 valence electrons. The molecule has 0 atom stereocenters. The van der Waals surface area contributed by atoms with Crippen LogP contribution in [-0.4, -0.2) is 6.61 Å². The SMILES string of the molecule is C=CC1CCC(CCC2CCC(c3ccc4c(F)c(OCC)ccc4c3)CC2)CC1. The predicted molar refractivity (Wildman–Crippen MR) is 125 cm³/mol. The largest absolute Gasteiger partial charge is 0.491 e. The second kappa shape index (κ2) is 9.98. The standard InChI is InChI=1S/C28H37FO/c1-3-20-5-7-21(8-6-20)9-10-22-11-13-23(14-12-22)24-15-17-26-25(19-24)16-18-27(28(26)29)30-4-2/h3,15-23H,1,4-14H2,2H3. The molecule has 2 aliphatic carbocycles. The van der Waals surface area contributed by atoms with Crippen LogP contribution in [0.15, 0.2) is 43.0 Å². The van der Waals surface area contributed by atoms with E-state index in [0.29, 0.717) is 23.7 Å². The Labute approximate surface area is 181 Å². The molecule has 0 heterocycles. The lowest BCUT2D eigenvalue weighted by Gasteiger charge is -2.31. The molecule has 2 aromatic rings. The zero-order valence-electron chi connectivity index (χ0n) is 18.5. The quantitative estimate of drug-likeness (QED) is 0.418. The molecule has 0 radical (unpaired) electrons. The van der Waals surface area contributed by atoms with Gasteiger partial charge < -0.3 is 4.74 Å². The van der Waals surface area contributed by atoms with Gasteiger partial charge in [0.1, 0.15) is 0 Å². The Balaban J connectivity index is 1.30. The van der Waals surface area contributed by atoms with Gasteiger partial charge in [-0.25, -0.2) is 4.39 Å². The molecule has 0 aromatic heterocycles. The number of allylic oxidation sites excluding steroid dienone is 1. The Hall–Kier alpha value is -1.83. The van der Waals surface area contributed by atoms with Crippen molar-refractivity contribution in [2.24, 2.45) is 17.8 Å². The van der Waals surface area contributed by atoms with E-state index in [1.165, 1.54) is 69.8 Å². The van der Waals surface area contributed by atoms with E-state index in [9.17, 15) is 4.39 Å². The number of hydrogen-bond donors (Lipinski definition) is 0. The number of halogens is 1. The summed E-state index contributed by atoms with van der Waals surface area (Å²) in [6.45, 7) is 6.34. The van der Waals surface area contributed by atoms with Crippen LogP contribution in [0, 0.1) is 23.6 Å². The molecule has 2 aliphatic rings. The van der Waals surface area contributed by atoms with Crippen molar-refractivity contribution in [3.05, 3.63) is 54.4 Å². The van der Waals surface area contributed by atoms with Gasteiger partial charge in [0.25, 0.3) is 0 Å². The topological polar surface area (TPSA) is 9.23 Å². The first-order chi connectivity index (χ1) is 14.7. The molecule has 0 spiro atoms. The molecule has 4 rings (SSSR count). The third-order valence-corrected chi connectivity index (χ3v) is 7.77. The van der Waals surface area contributed by atoms with Crippen LogP contribution >= 0.6 is 0 Å². The molecule has 0 bridgehead atoms. The molecule has 2 saturated carbocycles. The first kappa shape index (κ1) is 21.4. The molecule has 2 heteroatoms.